The standard InChI is InChI=1S/C13H24NO2/c1-2-4-13(16-11-15)6-3-5-12-7-9-14-10-8-12/h12-14H,2-10H2,1H3. The molecule has 1 unspecified atom stereocenters. The summed E-state index contributed by atoms with van der Waals surface area (Å²) in [7, 11) is 0. The Morgan fingerprint density at radius 2 is 2.12 bits per heavy atom. The molecule has 0 amide bonds. The van der Waals surface area contributed by atoms with Crippen LogP contribution in [0.3, 0.4) is 0 Å². The van der Waals surface area contributed by atoms with E-state index in [9.17, 15) is 4.79 Å². The predicted molar refractivity (Wildman–Crippen MR) is 64.9 cm³/mol. The summed E-state index contributed by atoms with van der Waals surface area (Å²) in [5.74, 6) is 0.878. The largest absolute Gasteiger partial charge is 0.454 e. The summed E-state index contributed by atoms with van der Waals surface area (Å²) < 4.78 is 4.95. The van der Waals surface area contributed by atoms with E-state index in [0.29, 0.717) is 0 Å². The molecule has 1 atom stereocenters. The molecular weight excluding hydrogens is 202 g/mol. The number of carbonyl (C=O) groups excluding carboxylic acids is 1. The van der Waals surface area contributed by atoms with E-state index in [-0.39, 0.29) is 6.10 Å². The maximum Gasteiger partial charge on any atom is 0.417 e. The molecular formula is C13H24NO2. The Kier molecular flexibility index (Phi) is 7.23. The topological polar surface area (TPSA) is 38.3 Å². The highest BCUT2D eigenvalue weighted by Gasteiger charge is 2.14. The Balaban J connectivity index is 2.08. The SMILES string of the molecule is CCCC(CCCC1CCNCC1)O[C]=O. The third-order valence-corrected chi connectivity index (χ3v) is 3.42. The van der Waals surface area contributed by atoms with Crippen LogP contribution >= 0.6 is 0 Å². The van der Waals surface area contributed by atoms with Crippen molar-refractivity contribution in [2.75, 3.05) is 13.1 Å². The molecule has 16 heavy (non-hydrogen) atoms. The number of hydrogen-bond acceptors (Lipinski definition) is 3. The fourth-order valence-corrected chi connectivity index (χ4v) is 2.46. The Morgan fingerprint density at radius 1 is 1.38 bits per heavy atom. The average molecular weight is 226 g/mol. The van der Waals surface area contributed by atoms with Crippen molar-refractivity contribution >= 4 is 6.47 Å². The van der Waals surface area contributed by atoms with Crippen LogP contribution in [-0.2, 0) is 9.53 Å². The van der Waals surface area contributed by atoms with Crippen molar-refractivity contribution in [3.8, 4) is 0 Å². The Bertz CT molecular complexity index is 179. The number of rotatable bonds is 8. The summed E-state index contributed by atoms with van der Waals surface area (Å²) in [4.78, 5) is 10.2. The maximum atomic E-state index is 10.2. The number of hydrogen-bond donors (Lipinski definition) is 1. The first-order chi connectivity index (χ1) is 7.86. The van der Waals surface area contributed by atoms with Crippen LogP contribution < -0.4 is 5.32 Å². The van der Waals surface area contributed by atoms with E-state index in [4.69, 9.17) is 4.74 Å². The molecule has 3 heteroatoms. The van der Waals surface area contributed by atoms with Gasteiger partial charge < -0.3 is 10.1 Å². The van der Waals surface area contributed by atoms with E-state index >= 15 is 0 Å². The monoisotopic (exact) mass is 226 g/mol. The van der Waals surface area contributed by atoms with E-state index < -0.39 is 0 Å². The van der Waals surface area contributed by atoms with E-state index in [1.54, 1.807) is 6.47 Å². The van der Waals surface area contributed by atoms with Crippen LogP contribution in [0, 0.1) is 5.92 Å². The molecule has 1 rings (SSSR count). The third kappa shape index (κ3) is 5.50. The van der Waals surface area contributed by atoms with Crippen molar-refractivity contribution in [2.45, 2.75) is 58.0 Å². The number of nitrogens with one attached hydrogen (secondary N) is 1. The van der Waals surface area contributed by atoms with Crippen LogP contribution in [0.1, 0.15) is 51.9 Å². The summed E-state index contributed by atoms with van der Waals surface area (Å²) in [6.45, 7) is 6.04. The molecule has 0 bridgehead atoms. The summed E-state index contributed by atoms with van der Waals surface area (Å²) in [6.07, 6.45) is 8.22. The zero-order chi connectivity index (χ0) is 11.6. The molecule has 3 nitrogen and oxygen atoms in total. The third-order valence-electron chi connectivity index (χ3n) is 3.42. The van der Waals surface area contributed by atoms with E-state index in [1.807, 2.05) is 0 Å². The van der Waals surface area contributed by atoms with Gasteiger partial charge in [-0.05, 0) is 51.1 Å². The van der Waals surface area contributed by atoms with Gasteiger partial charge in [0, 0.05) is 0 Å². The van der Waals surface area contributed by atoms with Gasteiger partial charge in [-0.1, -0.05) is 19.8 Å². The number of ether oxygens (including phenoxy) is 1. The summed E-state index contributed by atoms with van der Waals surface area (Å²) in [5, 5.41) is 3.38. The van der Waals surface area contributed by atoms with Crippen molar-refractivity contribution in [3.05, 3.63) is 0 Å². The lowest BCUT2D eigenvalue weighted by Crippen LogP contribution is -2.27. The first-order valence-electron chi connectivity index (χ1n) is 6.60. The van der Waals surface area contributed by atoms with Gasteiger partial charge in [-0.3, -0.25) is 0 Å². The van der Waals surface area contributed by atoms with Gasteiger partial charge in [-0.15, -0.1) is 0 Å². The minimum atomic E-state index is 0.101. The molecule has 0 saturated carbocycles. The lowest BCUT2D eigenvalue weighted by atomic mass is 9.91. The smallest absolute Gasteiger partial charge is 0.417 e. The Morgan fingerprint density at radius 3 is 2.75 bits per heavy atom. The van der Waals surface area contributed by atoms with Crippen molar-refractivity contribution in [1.82, 2.24) is 5.32 Å². The van der Waals surface area contributed by atoms with Gasteiger partial charge >= 0.3 is 6.47 Å². The minimum Gasteiger partial charge on any atom is -0.454 e. The molecule has 0 aromatic heterocycles. The van der Waals surface area contributed by atoms with Gasteiger partial charge in [-0.2, -0.15) is 0 Å². The second-order valence-electron chi connectivity index (χ2n) is 4.74. The Labute approximate surface area is 98.9 Å². The molecule has 0 spiro atoms. The quantitative estimate of drug-likeness (QED) is 0.690. The minimum absolute atomic E-state index is 0.101. The second kappa shape index (κ2) is 8.57. The van der Waals surface area contributed by atoms with Crippen molar-refractivity contribution in [3.63, 3.8) is 0 Å². The van der Waals surface area contributed by atoms with Crippen LogP contribution in [0.5, 0.6) is 0 Å². The Hall–Kier alpha value is -0.570. The summed E-state index contributed by atoms with van der Waals surface area (Å²) in [6, 6.07) is 0. The van der Waals surface area contributed by atoms with E-state index in [2.05, 4.69) is 12.2 Å². The molecule has 0 aliphatic carbocycles. The normalized spacial score (nSPS) is 19.3. The summed E-state index contributed by atoms with van der Waals surface area (Å²) >= 11 is 0. The van der Waals surface area contributed by atoms with Crippen LogP contribution in [0.4, 0.5) is 0 Å². The van der Waals surface area contributed by atoms with Crippen LogP contribution in [0.25, 0.3) is 0 Å². The highest BCUT2D eigenvalue weighted by Crippen LogP contribution is 2.20. The van der Waals surface area contributed by atoms with Crippen LogP contribution in [0.15, 0.2) is 0 Å². The molecule has 0 aromatic carbocycles. The zero-order valence-corrected chi connectivity index (χ0v) is 10.3. The van der Waals surface area contributed by atoms with Gasteiger partial charge in [0.2, 0.25) is 0 Å². The van der Waals surface area contributed by atoms with Gasteiger partial charge in [-0.25, -0.2) is 4.79 Å². The summed E-state index contributed by atoms with van der Waals surface area (Å²) in [5.41, 5.74) is 0. The molecule has 1 aliphatic heterocycles. The van der Waals surface area contributed by atoms with Crippen molar-refractivity contribution in [1.29, 1.82) is 0 Å². The fourth-order valence-electron chi connectivity index (χ4n) is 2.46. The van der Waals surface area contributed by atoms with Gasteiger partial charge in [0.1, 0.15) is 6.10 Å². The lowest BCUT2D eigenvalue weighted by molar-refractivity contribution is 0.150. The molecule has 1 aliphatic rings. The highest BCUT2D eigenvalue weighted by molar-refractivity contribution is 5.38. The lowest BCUT2D eigenvalue weighted by Gasteiger charge is -2.23. The first kappa shape index (κ1) is 13.5. The first-order valence-corrected chi connectivity index (χ1v) is 6.60. The molecule has 0 aromatic rings. The van der Waals surface area contributed by atoms with Crippen molar-refractivity contribution in [2.24, 2.45) is 5.92 Å². The zero-order valence-electron chi connectivity index (χ0n) is 10.3. The average Bonchev–Trinajstić information content (AvgIpc) is 2.31. The highest BCUT2D eigenvalue weighted by atomic mass is 16.5. The molecule has 1 radical (unpaired) electrons. The fraction of sp³-hybridized carbons (Fsp3) is 0.923. The van der Waals surface area contributed by atoms with Gasteiger partial charge in [0.05, 0.1) is 0 Å². The molecule has 1 N–H and O–H groups in total. The van der Waals surface area contributed by atoms with Gasteiger partial charge in [0.15, 0.2) is 0 Å². The van der Waals surface area contributed by atoms with Crippen LogP contribution in [0.2, 0.25) is 0 Å². The molecule has 1 heterocycles. The van der Waals surface area contributed by atoms with Crippen molar-refractivity contribution < 1.29 is 9.53 Å². The van der Waals surface area contributed by atoms with Gasteiger partial charge in [0.25, 0.3) is 0 Å². The second-order valence-corrected chi connectivity index (χ2v) is 4.74. The molecule has 93 valence electrons. The van der Waals surface area contributed by atoms with E-state index in [1.165, 1.54) is 38.8 Å². The molecule has 1 saturated heterocycles. The molecule has 1 fully saturated rings. The van der Waals surface area contributed by atoms with E-state index in [0.717, 1.165) is 25.2 Å². The number of piperidine rings is 1. The van der Waals surface area contributed by atoms with Crippen LogP contribution in [-0.4, -0.2) is 25.7 Å². The predicted octanol–water partition coefficient (Wildman–Crippen LogP) is 2.41. The maximum absolute atomic E-state index is 10.2.